The third kappa shape index (κ3) is 2.49. The molecule has 3 aromatic rings. The molecule has 1 aromatic carbocycles. The molecule has 6 heteroatoms. The number of nitrogens with one attached hydrogen (secondary N) is 1. The average molecular weight is 325 g/mol. The Morgan fingerprint density at radius 1 is 1.33 bits per heavy atom. The number of amides is 1. The van der Waals surface area contributed by atoms with Crippen molar-refractivity contribution in [1.29, 1.82) is 0 Å². The lowest BCUT2D eigenvalue weighted by Gasteiger charge is -2.31. The lowest BCUT2D eigenvalue weighted by atomic mass is 10.1. The van der Waals surface area contributed by atoms with Crippen molar-refractivity contribution in [2.45, 2.75) is 20.0 Å². The van der Waals surface area contributed by atoms with E-state index in [9.17, 15) is 4.79 Å². The van der Waals surface area contributed by atoms with Gasteiger partial charge in [0.1, 0.15) is 17.5 Å². The molecule has 24 heavy (non-hydrogen) atoms. The Morgan fingerprint density at radius 3 is 2.92 bits per heavy atom. The maximum absolute atomic E-state index is 12.9. The number of benzene rings is 1. The lowest BCUT2D eigenvalue weighted by molar-refractivity contribution is -0.0273. The topological polar surface area (TPSA) is 71.4 Å². The molecule has 1 amide bonds. The van der Waals surface area contributed by atoms with E-state index in [4.69, 9.17) is 9.15 Å². The summed E-state index contributed by atoms with van der Waals surface area (Å²) in [4.78, 5) is 22.2. The Morgan fingerprint density at radius 2 is 2.17 bits per heavy atom. The molecule has 0 bridgehead atoms. The van der Waals surface area contributed by atoms with Crippen molar-refractivity contribution in [2.75, 3.05) is 19.7 Å². The number of imidazole rings is 1. The Kier molecular flexibility index (Phi) is 3.61. The number of aryl methyl sites for hydroxylation is 2. The van der Waals surface area contributed by atoms with Crippen LogP contribution < -0.4 is 0 Å². The first-order chi connectivity index (χ1) is 11.6. The molecule has 1 N–H and O–H groups in total. The summed E-state index contributed by atoms with van der Waals surface area (Å²) in [6.07, 6.45) is 1.53. The number of H-pyrrole nitrogens is 1. The molecule has 0 radical (unpaired) electrons. The van der Waals surface area contributed by atoms with Gasteiger partial charge in [0, 0.05) is 29.4 Å². The van der Waals surface area contributed by atoms with Crippen molar-refractivity contribution in [3.63, 3.8) is 0 Å². The van der Waals surface area contributed by atoms with Crippen LogP contribution in [0.1, 0.15) is 33.7 Å². The minimum Gasteiger partial charge on any atom is -0.451 e. The summed E-state index contributed by atoms with van der Waals surface area (Å²) in [7, 11) is 0. The summed E-state index contributed by atoms with van der Waals surface area (Å²) in [6, 6.07) is 7.71. The van der Waals surface area contributed by atoms with Crippen LogP contribution in [0.4, 0.5) is 0 Å². The molecule has 124 valence electrons. The fraction of sp³-hybridized carbons (Fsp3) is 0.333. The van der Waals surface area contributed by atoms with Crippen LogP contribution >= 0.6 is 0 Å². The number of aromatic nitrogens is 2. The van der Waals surface area contributed by atoms with E-state index in [-0.39, 0.29) is 12.0 Å². The van der Waals surface area contributed by atoms with Crippen molar-refractivity contribution < 1.29 is 13.9 Å². The minimum atomic E-state index is -0.235. The number of para-hydroxylation sites is 1. The molecule has 0 unspecified atom stereocenters. The van der Waals surface area contributed by atoms with Gasteiger partial charge in [-0.3, -0.25) is 4.79 Å². The number of morpholine rings is 1. The highest BCUT2D eigenvalue weighted by Crippen LogP contribution is 2.27. The molecule has 1 aliphatic rings. The van der Waals surface area contributed by atoms with Gasteiger partial charge in [0.25, 0.3) is 5.91 Å². The largest absolute Gasteiger partial charge is 0.451 e. The number of furan rings is 1. The van der Waals surface area contributed by atoms with Crippen LogP contribution in [-0.4, -0.2) is 40.5 Å². The molecule has 6 nitrogen and oxygen atoms in total. The van der Waals surface area contributed by atoms with Crippen LogP contribution in [0, 0.1) is 13.8 Å². The molecule has 3 heterocycles. The zero-order valence-corrected chi connectivity index (χ0v) is 13.7. The fourth-order valence-corrected chi connectivity index (χ4v) is 3.12. The lowest BCUT2D eigenvalue weighted by Crippen LogP contribution is -2.42. The zero-order chi connectivity index (χ0) is 16.7. The van der Waals surface area contributed by atoms with Crippen LogP contribution in [0.25, 0.3) is 11.0 Å². The Balaban J connectivity index is 1.60. The van der Waals surface area contributed by atoms with Crippen molar-refractivity contribution in [2.24, 2.45) is 0 Å². The van der Waals surface area contributed by atoms with Crippen molar-refractivity contribution >= 4 is 16.9 Å². The van der Waals surface area contributed by atoms with Crippen LogP contribution in [0.15, 0.2) is 34.9 Å². The van der Waals surface area contributed by atoms with E-state index in [2.05, 4.69) is 9.97 Å². The Hall–Kier alpha value is -2.60. The number of ether oxygens (including phenoxy) is 1. The molecule has 1 aliphatic heterocycles. The van der Waals surface area contributed by atoms with Gasteiger partial charge in [0.2, 0.25) is 0 Å². The van der Waals surface area contributed by atoms with E-state index in [0.29, 0.717) is 25.5 Å². The fourth-order valence-electron chi connectivity index (χ4n) is 3.12. The standard InChI is InChI=1S/C18H19N3O3/c1-11-9-19-17(20-11)15-10-21(7-8-23-15)18(22)16-12(2)13-5-3-4-6-14(13)24-16/h3-6,9,15H,7-8,10H2,1-2H3,(H,19,20)/t15-/m0/s1. The molecule has 1 fully saturated rings. The molecular formula is C18H19N3O3. The first-order valence-electron chi connectivity index (χ1n) is 8.04. The van der Waals surface area contributed by atoms with Gasteiger partial charge in [-0.2, -0.15) is 0 Å². The Bertz CT molecular complexity index is 896. The number of fused-ring (bicyclic) bond motifs is 1. The third-order valence-electron chi connectivity index (χ3n) is 4.42. The van der Waals surface area contributed by atoms with Gasteiger partial charge in [0.05, 0.1) is 13.2 Å². The van der Waals surface area contributed by atoms with E-state index < -0.39 is 0 Å². The predicted octanol–water partition coefficient (Wildman–Crippen LogP) is 2.99. The van der Waals surface area contributed by atoms with E-state index in [1.165, 1.54) is 0 Å². The van der Waals surface area contributed by atoms with Gasteiger partial charge in [-0.1, -0.05) is 18.2 Å². The summed E-state index contributed by atoms with van der Waals surface area (Å²) in [5, 5.41) is 0.979. The highest BCUT2D eigenvalue weighted by atomic mass is 16.5. The normalized spacial score (nSPS) is 18.2. The molecule has 0 spiro atoms. The predicted molar refractivity (Wildman–Crippen MR) is 88.9 cm³/mol. The SMILES string of the molecule is Cc1cnc([C@@H]2CN(C(=O)c3oc4ccccc4c3C)CCO2)[nH]1. The van der Waals surface area contributed by atoms with Crippen LogP contribution in [0.5, 0.6) is 0 Å². The van der Waals surface area contributed by atoms with Gasteiger partial charge in [-0.15, -0.1) is 0 Å². The molecule has 2 aromatic heterocycles. The first-order valence-corrected chi connectivity index (χ1v) is 8.04. The van der Waals surface area contributed by atoms with Crippen LogP contribution in [0.3, 0.4) is 0 Å². The highest BCUT2D eigenvalue weighted by molar-refractivity contribution is 5.98. The number of rotatable bonds is 2. The van der Waals surface area contributed by atoms with E-state index in [1.807, 2.05) is 38.1 Å². The molecular weight excluding hydrogens is 306 g/mol. The third-order valence-corrected chi connectivity index (χ3v) is 4.42. The summed E-state index contributed by atoms with van der Waals surface area (Å²) < 4.78 is 11.6. The summed E-state index contributed by atoms with van der Waals surface area (Å²) >= 11 is 0. The van der Waals surface area contributed by atoms with E-state index >= 15 is 0 Å². The van der Waals surface area contributed by atoms with Gasteiger partial charge in [-0.25, -0.2) is 4.98 Å². The number of hydrogen-bond donors (Lipinski definition) is 1. The number of carbonyl (C=O) groups is 1. The molecule has 0 saturated carbocycles. The molecule has 1 saturated heterocycles. The maximum atomic E-state index is 12.9. The first kappa shape index (κ1) is 15.0. The monoisotopic (exact) mass is 325 g/mol. The molecule has 4 rings (SSSR count). The Labute approximate surface area is 139 Å². The second-order valence-corrected chi connectivity index (χ2v) is 6.11. The van der Waals surface area contributed by atoms with Gasteiger partial charge < -0.3 is 19.0 Å². The number of nitrogens with zero attached hydrogens (tertiary/aromatic N) is 2. The van der Waals surface area contributed by atoms with Gasteiger partial charge in [-0.05, 0) is 19.9 Å². The molecule has 0 aliphatic carbocycles. The summed E-state index contributed by atoms with van der Waals surface area (Å²) in [5.74, 6) is 1.07. The summed E-state index contributed by atoms with van der Waals surface area (Å²) in [5.41, 5.74) is 2.60. The quantitative estimate of drug-likeness (QED) is 0.786. The number of aromatic amines is 1. The smallest absolute Gasteiger partial charge is 0.290 e. The number of carbonyl (C=O) groups excluding carboxylic acids is 1. The number of hydrogen-bond acceptors (Lipinski definition) is 4. The molecule has 1 atom stereocenters. The van der Waals surface area contributed by atoms with Crippen LogP contribution in [0.2, 0.25) is 0 Å². The average Bonchev–Trinajstić information content (AvgIpc) is 3.19. The second kappa shape index (κ2) is 5.79. The van der Waals surface area contributed by atoms with Gasteiger partial charge in [0.15, 0.2) is 5.76 Å². The summed E-state index contributed by atoms with van der Waals surface area (Å²) in [6.45, 7) is 5.36. The van der Waals surface area contributed by atoms with E-state index in [0.717, 1.165) is 28.1 Å². The maximum Gasteiger partial charge on any atom is 0.290 e. The highest BCUT2D eigenvalue weighted by Gasteiger charge is 2.30. The van der Waals surface area contributed by atoms with E-state index in [1.54, 1.807) is 11.1 Å². The van der Waals surface area contributed by atoms with Crippen molar-refractivity contribution in [3.05, 3.63) is 53.3 Å². The minimum absolute atomic E-state index is 0.0970. The zero-order valence-electron chi connectivity index (χ0n) is 13.7. The van der Waals surface area contributed by atoms with Crippen LogP contribution in [-0.2, 0) is 4.74 Å². The second-order valence-electron chi connectivity index (χ2n) is 6.11. The van der Waals surface area contributed by atoms with Crippen molar-refractivity contribution in [1.82, 2.24) is 14.9 Å². The van der Waals surface area contributed by atoms with Crippen molar-refractivity contribution in [3.8, 4) is 0 Å². The van der Waals surface area contributed by atoms with Gasteiger partial charge >= 0.3 is 0 Å².